The zero-order chi connectivity index (χ0) is 14.8. The first kappa shape index (κ1) is 17.0. The van der Waals surface area contributed by atoms with Crippen molar-refractivity contribution >= 4 is 18.9 Å². The summed E-state index contributed by atoms with van der Waals surface area (Å²) < 4.78 is 13.4. The van der Waals surface area contributed by atoms with E-state index in [9.17, 15) is 4.39 Å². The molecule has 104 valence electrons. The van der Waals surface area contributed by atoms with Crippen molar-refractivity contribution in [3.05, 3.63) is 35.8 Å². The Balaban J connectivity index is 4.53. The van der Waals surface area contributed by atoms with E-state index in [1.807, 2.05) is 6.92 Å². The Morgan fingerprint density at radius 1 is 1.37 bits per heavy atom. The van der Waals surface area contributed by atoms with Crippen LogP contribution in [0.4, 0.5) is 4.39 Å². The summed E-state index contributed by atoms with van der Waals surface area (Å²) in [6.07, 6.45) is 4.48. The van der Waals surface area contributed by atoms with Crippen LogP contribution in [0.1, 0.15) is 27.7 Å². The second-order valence-electron chi connectivity index (χ2n) is 3.90. The molecule has 0 radical (unpaired) electrons. The minimum absolute atomic E-state index is 0.461. The van der Waals surface area contributed by atoms with E-state index in [-0.39, 0.29) is 0 Å². The number of nitrogens with zero attached hydrogens (tertiary/aromatic N) is 3. The summed E-state index contributed by atoms with van der Waals surface area (Å²) in [6.45, 7) is 13.9. The predicted molar refractivity (Wildman–Crippen MR) is 81.5 cm³/mol. The highest BCUT2D eigenvalue weighted by Crippen LogP contribution is 2.02. The smallest absolute Gasteiger partial charge is 0.213 e. The van der Waals surface area contributed by atoms with Crippen LogP contribution in [0.5, 0.6) is 0 Å². The second kappa shape index (κ2) is 8.97. The number of nitrogens with one attached hydrogen (secondary N) is 1. The van der Waals surface area contributed by atoms with Gasteiger partial charge in [-0.05, 0) is 46.1 Å². The molecule has 19 heavy (non-hydrogen) atoms. The van der Waals surface area contributed by atoms with Crippen molar-refractivity contribution in [2.75, 3.05) is 0 Å². The summed E-state index contributed by atoms with van der Waals surface area (Å²) in [7, 11) is 0. The Bertz CT molecular complexity index is 444. The Morgan fingerprint density at radius 2 is 2.00 bits per heavy atom. The summed E-state index contributed by atoms with van der Waals surface area (Å²) >= 11 is 0. The molecule has 0 saturated heterocycles. The first-order valence-electron chi connectivity index (χ1n) is 5.90. The van der Waals surface area contributed by atoms with E-state index in [1.165, 1.54) is 0 Å². The first-order chi connectivity index (χ1) is 8.90. The molecule has 0 aliphatic carbocycles. The molecule has 0 aromatic heterocycles. The zero-order valence-corrected chi connectivity index (χ0v) is 11.9. The second-order valence-corrected chi connectivity index (χ2v) is 3.90. The van der Waals surface area contributed by atoms with E-state index in [0.717, 1.165) is 5.70 Å². The Hall–Kier alpha value is -2.04. The molecular formula is C14H21FN4. The fourth-order valence-corrected chi connectivity index (χ4v) is 1.01. The van der Waals surface area contributed by atoms with Crippen LogP contribution in [-0.4, -0.2) is 25.1 Å². The molecule has 0 fully saturated rings. The van der Waals surface area contributed by atoms with Crippen LogP contribution in [0.2, 0.25) is 0 Å². The maximum absolute atomic E-state index is 13.4. The summed E-state index contributed by atoms with van der Waals surface area (Å²) in [5, 5.41) is 2.90. The van der Waals surface area contributed by atoms with Crippen LogP contribution in [0.15, 0.2) is 50.8 Å². The Morgan fingerprint density at radius 3 is 2.53 bits per heavy atom. The highest BCUT2D eigenvalue weighted by atomic mass is 19.1. The lowest BCUT2D eigenvalue weighted by atomic mass is 10.3. The molecule has 0 rings (SSSR count). The third-order valence-corrected chi connectivity index (χ3v) is 2.22. The number of allylic oxidation sites excluding steroid dienone is 4. The van der Waals surface area contributed by atoms with Gasteiger partial charge in [0.1, 0.15) is 12.0 Å². The number of hydrogen-bond donors (Lipinski definition) is 1. The quantitative estimate of drug-likeness (QED) is 0.704. The topological polar surface area (TPSA) is 49.1 Å². The van der Waals surface area contributed by atoms with Gasteiger partial charge in [0, 0.05) is 11.9 Å². The molecule has 5 heteroatoms. The van der Waals surface area contributed by atoms with Gasteiger partial charge in [0.2, 0.25) is 5.97 Å². The van der Waals surface area contributed by atoms with Gasteiger partial charge in [0.15, 0.2) is 0 Å². The largest absolute Gasteiger partial charge is 0.345 e. The fourth-order valence-electron chi connectivity index (χ4n) is 1.01. The van der Waals surface area contributed by atoms with Gasteiger partial charge in [0.25, 0.3) is 0 Å². The lowest BCUT2D eigenvalue weighted by Crippen LogP contribution is -2.07. The average molecular weight is 264 g/mol. The SMILES string of the molecule is C=NC(=C)N/C(C)=C/C=NC(C)N=C(F)/C(C)=C\C. The minimum Gasteiger partial charge on any atom is -0.345 e. The molecule has 0 aliphatic heterocycles. The van der Waals surface area contributed by atoms with Gasteiger partial charge >= 0.3 is 0 Å². The van der Waals surface area contributed by atoms with Gasteiger partial charge in [-0.1, -0.05) is 12.7 Å². The fraction of sp³-hybridized carbons (Fsp3) is 0.357. The zero-order valence-electron chi connectivity index (χ0n) is 11.9. The third kappa shape index (κ3) is 7.81. The molecule has 0 aromatic carbocycles. The summed E-state index contributed by atoms with van der Waals surface area (Å²) in [6, 6.07) is 0. The van der Waals surface area contributed by atoms with Crippen LogP contribution in [0.3, 0.4) is 0 Å². The molecule has 0 heterocycles. The van der Waals surface area contributed by atoms with E-state index < -0.39 is 12.1 Å². The van der Waals surface area contributed by atoms with Gasteiger partial charge < -0.3 is 5.32 Å². The molecule has 1 N–H and O–H groups in total. The van der Waals surface area contributed by atoms with Crippen LogP contribution >= 0.6 is 0 Å². The predicted octanol–water partition coefficient (Wildman–Crippen LogP) is 3.40. The van der Waals surface area contributed by atoms with Gasteiger partial charge in [-0.25, -0.2) is 9.98 Å². The molecule has 1 atom stereocenters. The highest BCUT2D eigenvalue weighted by Gasteiger charge is 2.01. The summed E-state index contributed by atoms with van der Waals surface area (Å²) in [4.78, 5) is 11.5. The van der Waals surface area contributed by atoms with E-state index >= 15 is 0 Å². The monoisotopic (exact) mass is 264 g/mol. The van der Waals surface area contributed by atoms with Gasteiger partial charge in [-0.2, -0.15) is 4.39 Å². The Kier molecular flexibility index (Phi) is 8.00. The molecule has 4 nitrogen and oxygen atoms in total. The maximum atomic E-state index is 13.4. The average Bonchev–Trinajstić information content (AvgIpc) is 2.37. The van der Waals surface area contributed by atoms with E-state index in [2.05, 4.69) is 33.6 Å². The lowest BCUT2D eigenvalue weighted by Gasteiger charge is -2.03. The highest BCUT2D eigenvalue weighted by molar-refractivity contribution is 5.91. The van der Waals surface area contributed by atoms with Crippen molar-refractivity contribution < 1.29 is 4.39 Å². The summed E-state index contributed by atoms with van der Waals surface area (Å²) in [5.41, 5.74) is 1.31. The first-order valence-corrected chi connectivity index (χ1v) is 5.90. The lowest BCUT2D eigenvalue weighted by molar-refractivity contribution is 0.732. The van der Waals surface area contributed by atoms with Gasteiger partial charge in [-0.3, -0.25) is 4.99 Å². The van der Waals surface area contributed by atoms with Crippen molar-refractivity contribution in [2.24, 2.45) is 15.0 Å². The van der Waals surface area contributed by atoms with Crippen LogP contribution in [0, 0.1) is 0 Å². The van der Waals surface area contributed by atoms with Crippen molar-refractivity contribution in [2.45, 2.75) is 33.9 Å². The van der Waals surface area contributed by atoms with Crippen LogP contribution in [-0.2, 0) is 0 Å². The van der Waals surface area contributed by atoms with E-state index in [4.69, 9.17) is 0 Å². The van der Waals surface area contributed by atoms with Crippen molar-refractivity contribution in [3.63, 3.8) is 0 Å². The number of aliphatic imine (C=N–C) groups is 3. The van der Waals surface area contributed by atoms with Gasteiger partial charge in [0.05, 0.1) is 0 Å². The van der Waals surface area contributed by atoms with Crippen molar-refractivity contribution in [1.82, 2.24) is 5.32 Å². The normalized spacial score (nSPS) is 15.5. The minimum atomic E-state index is -0.491. The number of halogens is 1. The molecule has 0 spiro atoms. The standard InChI is InChI=1S/C14H21FN4/c1-7-10(2)14(15)19-13(5)17-9-8-11(3)18-12(4)16-6/h7-9,13,18H,4,6H2,1-3,5H3/b10-7-,11-8+,17-9?,19-14?. The van der Waals surface area contributed by atoms with Crippen LogP contribution < -0.4 is 5.32 Å². The van der Waals surface area contributed by atoms with Crippen molar-refractivity contribution in [3.8, 4) is 0 Å². The summed E-state index contributed by atoms with van der Waals surface area (Å²) in [5.74, 6) is -0.0295. The molecule has 1 unspecified atom stereocenters. The molecular weight excluding hydrogens is 243 g/mol. The number of rotatable bonds is 7. The van der Waals surface area contributed by atoms with Crippen molar-refractivity contribution in [1.29, 1.82) is 0 Å². The molecule has 0 aromatic rings. The van der Waals surface area contributed by atoms with Crippen LogP contribution in [0.25, 0.3) is 0 Å². The molecule has 0 saturated carbocycles. The Labute approximate surface area is 114 Å². The van der Waals surface area contributed by atoms with Gasteiger partial charge in [-0.15, -0.1) is 0 Å². The molecule has 0 bridgehead atoms. The maximum Gasteiger partial charge on any atom is 0.213 e. The van der Waals surface area contributed by atoms with E-state index in [0.29, 0.717) is 11.4 Å². The van der Waals surface area contributed by atoms with E-state index in [1.54, 1.807) is 39.1 Å². The number of hydrogen-bond acceptors (Lipinski definition) is 4. The molecule has 0 amide bonds. The molecule has 0 aliphatic rings. The third-order valence-electron chi connectivity index (χ3n) is 2.22.